The lowest BCUT2D eigenvalue weighted by Crippen LogP contribution is -2.41. The third kappa shape index (κ3) is 11.3. The molecule has 152 valence electrons. The number of rotatable bonds is 13. The number of hydrogen-bond acceptors (Lipinski definition) is 6. The second-order valence-electron chi connectivity index (χ2n) is 4.98. The molecule has 0 aliphatic heterocycles. The number of sulfonamides is 1. The summed E-state index contributed by atoms with van der Waals surface area (Å²) < 4.78 is 37.1. The Labute approximate surface area is 177 Å². The predicted molar refractivity (Wildman–Crippen MR) is 116 cm³/mol. The SMILES string of the molecule is CCNC(=NCCCOCCOC)NCCNS(=O)(=O)c1cccs1.I. The van der Waals surface area contributed by atoms with Gasteiger partial charge in [0.25, 0.3) is 0 Å². The molecule has 0 atom stereocenters. The lowest BCUT2D eigenvalue weighted by Gasteiger charge is -2.11. The smallest absolute Gasteiger partial charge is 0.250 e. The topological polar surface area (TPSA) is 101 Å². The maximum atomic E-state index is 12.0. The molecule has 0 spiro atoms. The van der Waals surface area contributed by atoms with Crippen molar-refractivity contribution < 1.29 is 17.9 Å². The van der Waals surface area contributed by atoms with E-state index >= 15 is 0 Å². The van der Waals surface area contributed by atoms with Gasteiger partial charge in [-0.05, 0) is 24.8 Å². The molecule has 0 radical (unpaired) electrons. The maximum absolute atomic E-state index is 12.0. The normalized spacial score (nSPS) is 11.8. The molecule has 1 aromatic rings. The van der Waals surface area contributed by atoms with Crippen molar-refractivity contribution in [3.63, 3.8) is 0 Å². The molecule has 0 amide bonds. The van der Waals surface area contributed by atoms with Crippen LogP contribution in [0.5, 0.6) is 0 Å². The molecule has 26 heavy (non-hydrogen) atoms. The zero-order chi connectivity index (χ0) is 18.4. The molecule has 1 heterocycles. The van der Waals surface area contributed by atoms with Crippen molar-refractivity contribution in [2.45, 2.75) is 17.6 Å². The van der Waals surface area contributed by atoms with Gasteiger partial charge < -0.3 is 20.1 Å². The lowest BCUT2D eigenvalue weighted by atomic mass is 10.4. The number of guanidine groups is 1. The number of ether oxygens (including phenoxy) is 2. The maximum Gasteiger partial charge on any atom is 0.250 e. The van der Waals surface area contributed by atoms with Crippen LogP contribution in [-0.4, -0.2) is 67.5 Å². The van der Waals surface area contributed by atoms with E-state index in [0.29, 0.717) is 43.1 Å². The third-order valence-corrected chi connectivity index (χ3v) is 5.82. The van der Waals surface area contributed by atoms with Gasteiger partial charge in [-0.3, -0.25) is 4.99 Å². The average molecular weight is 520 g/mol. The van der Waals surface area contributed by atoms with Gasteiger partial charge in [0.05, 0.1) is 13.2 Å². The summed E-state index contributed by atoms with van der Waals surface area (Å²) in [6.45, 7) is 5.88. The van der Waals surface area contributed by atoms with Gasteiger partial charge in [0.2, 0.25) is 10.0 Å². The Balaban J connectivity index is 0.00000625. The van der Waals surface area contributed by atoms with Gasteiger partial charge in [-0.1, -0.05) is 6.07 Å². The first-order valence-electron chi connectivity index (χ1n) is 8.22. The van der Waals surface area contributed by atoms with Crippen LogP contribution in [0.25, 0.3) is 0 Å². The van der Waals surface area contributed by atoms with Crippen molar-refractivity contribution >= 4 is 51.3 Å². The number of methoxy groups -OCH3 is 1. The van der Waals surface area contributed by atoms with Gasteiger partial charge in [-0.25, -0.2) is 13.1 Å². The van der Waals surface area contributed by atoms with E-state index < -0.39 is 10.0 Å². The van der Waals surface area contributed by atoms with Crippen LogP contribution in [0.4, 0.5) is 0 Å². The van der Waals surface area contributed by atoms with E-state index in [4.69, 9.17) is 9.47 Å². The van der Waals surface area contributed by atoms with Crippen LogP contribution in [0, 0.1) is 0 Å². The molecule has 8 nitrogen and oxygen atoms in total. The molecule has 0 saturated carbocycles. The number of hydrogen-bond donors (Lipinski definition) is 3. The zero-order valence-electron chi connectivity index (χ0n) is 15.2. The van der Waals surface area contributed by atoms with E-state index in [0.717, 1.165) is 13.0 Å². The number of thiophene rings is 1. The van der Waals surface area contributed by atoms with E-state index in [1.807, 2.05) is 6.92 Å². The standard InChI is InChI=1S/C15H28N4O4S2.HI/c1-3-16-15(17-7-5-10-23-12-11-22-2)18-8-9-19-25(20,21)14-6-4-13-24-14;/h4,6,13,19H,3,5,7-12H2,1-2H3,(H2,16,17,18);1H. The number of nitrogens with zero attached hydrogens (tertiary/aromatic N) is 1. The number of nitrogens with one attached hydrogen (secondary N) is 3. The first-order chi connectivity index (χ1) is 12.1. The highest BCUT2D eigenvalue weighted by molar-refractivity contribution is 14.0. The molecule has 0 aliphatic rings. The Morgan fingerprint density at radius 1 is 1.23 bits per heavy atom. The predicted octanol–water partition coefficient (Wildman–Crippen LogP) is 1.25. The van der Waals surface area contributed by atoms with E-state index in [9.17, 15) is 8.42 Å². The van der Waals surface area contributed by atoms with Crippen LogP contribution in [0.2, 0.25) is 0 Å². The minimum absolute atomic E-state index is 0. The minimum Gasteiger partial charge on any atom is -0.382 e. The zero-order valence-corrected chi connectivity index (χ0v) is 19.2. The fourth-order valence-corrected chi connectivity index (χ4v) is 3.87. The highest BCUT2D eigenvalue weighted by atomic mass is 127. The first kappa shape index (κ1) is 25.5. The highest BCUT2D eigenvalue weighted by Gasteiger charge is 2.13. The summed E-state index contributed by atoms with van der Waals surface area (Å²) in [4.78, 5) is 4.42. The number of aliphatic imine (C=N–C) groups is 1. The molecule has 1 rings (SSSR count). The van der Waals surface area contributed by atoms with Crippen LogP contribution in [0.15, 0.2) is 26.7 Å². The van der Waals surface area contributed by atoms with Crippen LogP contribution in [0.3, 0.4) is 0 Å². The van der Waals surface area contributed by atoms with Crippen LogP contribution in [-0.2, 0) is 19.5 Å². The molecular weight excluding hydrogens is 491 g/mol. The van der Waals surface area contributed by atoms with Gasteiger partial charge in [0, 0.05) is 39.9 Å². The van der Waals surface area contributed by atoms with Crippen molar-refractivity contribution in [2.75, 3.05) is 53.1 Å². The molecular formula is C15H29IN4O4S2. The third-order valence-electron chi connectivity index (χ3n) is 2.96. The average Bonchev–Trinajstić information content (AvgIpc) is 3.13. The fraction of sp³-hybridized carbons (Fsp3) is 0.667. The molecule has 11 heteroatoms. The summed E-state index contributed by atoms with van der Waals surface area (Å²) in [6.07, 6.45) is 0.811. The van der Waals surface area contributed by atoms with E-state index in [1.165, 1.54) is 11.3 Å². The molecule has 0 fully saturated rings. The van der Waals surface area contributed by atoms with Crippen molar-refractivity contribution in [1.82, 2.24) is 15.4 Å². The Morgan fingerprint density at radius 3 is 2.69 bits per heavy atom. The quantitative estimate of drug-likeness (QED) is 0.157. The van der Waals surface area contributed by atoms with Crippen LogP contribution < -0.4 is 15.4 Å². The van der Waals surface area contributed by atoms with E-state index in [-0.39, 0.29) is 30.5 Å². The summed E-state index contributed by atoms with van der Waals surface area (Å²) >= 11 is 1.20. The lowest BCUT2D eigenvalue weighted by molar-refractivity contribution is 0.0702. The van der Waals surface area contributed by atoms with Crippen LogP contribution in [0.1, 0.15) is 13.3 Å². The molecule has 0 unspecified atom stereocenters. The van der Waals surface area contributed by atoms with E-state index in [1.54, 1.807) is 24.6 Å². The molecule has 0 aromatic carbocycles. The second kappa shape index (κ2) is 15.6. The Kier molecular flexibility index (Phi) is 15.3. The first-order valence-corrected chi connectivity index (χ1v) is 10.6. The largest absolute Gasteiger partial charge is 0.382 e. The monoisotopic (exact) mass is 520 g/mol. The second-order valence-corrected chi connectivity index (χ2v) is 7.92. The summed E-state index contributed by atoms with van der Waals surface area (Å²) in [7, 11) is -1.78. The van der Waals surface area contributed by atoms with Gasteiger partial charge in [-0.2, -0.15) is 0 Å². The van der Waals surface area contributed by atoms with Gasteiger partial charge >= 0.3 is 0 Å². The number of halogens is 1. The molecule has 1 aromatic heterocycles. The van der Waals surface area contributed by atoms with Crippen molar-refractivity contribution in [3.8, 4) is 0 Å². The highest BCUT2D eigenvalue weighted by Crippen LogP contribution is 2.14. The van der Waals surface area contributed by atoms with Crippen molar-refractivity contribution in [1.29, 1.82) is 0 Å². The van der Waals surface area contributed by atoms with Crippen molar-refractivity contribution in [3.05, 3.63) is 17.5 Å². The van der Waals surface area contributed by atoms with Gasteiger partial charge in [0.15, 0.2) is 5.96 Å². The van der Waals surface area contributed by atoms with Gasteiger partial charge in [0.1, 0.15) is 4.21 Å². The Morgan fingerprint density at radius 2 is 2.04 bits per heavy atom. The summed E-state index contributed by atoms with van der Waals surface area (Å²) in [5.74, 6) is 0.662. The summed E-state index contributed by atoms with van der Waals surface area (Å²) in [5, 5.41) is 7.96. The van der Waals surface area contributed by atoms with Crippen LogP contribution >= 0.6 is 35.3 Å². The fourth-order valence-electron chi connectivity index (χ4n) is 1.80. The van der Waals surface area contributed by atoms with Crippen molar-refractivity contribution in [2.24, 2.45) is 4.99 Å². The van der Waals surface area contributed by atoms with Gasteiger partial charge in [-0.15, -0.1) is 35.3 Å². The summed E-state index contributed by atoms with van der Waals surface area (Å²) in [6, 6.07) is 3.30. The molecule has 0 bridgehead atoms. The summed E-state index contributed by atoms with van der Waals surface area (Å²) in [5.41, 5.74) is 0. The Hall–Kier alpha value is -0.470. The minimum atomic E-state index is -3.42. The molecule has 0 aliphatic carbocycles. The molecule has 3 N–H and O–H groups in total. The van der Waals surface area contributed by atoms with E-state index in [2.05, 4.69) is 20.3 Å². The molecule has 0 saturated heterocycles. The Bertz CT molecular complexity index is 582.